The van der Waals surface area contributed by atoms with E-state index in [0.29, 0.717) is 12.1 Å². The predicted octanol–water partition coefficient (Wildman–Crippen LogP) is 4.13. The number of aryl methyl sites for hydroxylation is 1. The first kappa shape index (κ1) is 15.1. The van der Waals surface area contributed by atoms with E-state index in [-0.39, 0.29) is 10.5 Å². The van der Waals surface area contributed by atoms with E-state index in [4.69, 9.17) is 0 Å². The van der Waals surface area contributed by atoms with Crippen molar-refractivity contribution in [3.63, 3.8) is 0 Å². The molecule has 1 N–H and O–H groups in total. The maximum atomic E-state index is 13.7. The van der Waals surface area contributed by atoms with E-state index < -0.39 is 11.6 Å². The molecule has 0 fully saturated rings. The highest BCUT2D eigenvalue weighted by Gasteiger charge is 2.21. The molecule has 0 aliphatic carbocycles. The summed E-state index contributed by atoms with van der Waals surface area (Å²) in [6.07, 6.45) is 3.46. The molecule has 0 spiro atoms. The summed E-state index contributed by atoms with van der Waals surface area (Å²) in [5.41, 5.74) is 2.64. The Morgan fingerprint density at radius 1 is 1.25 bits per heavy atom. The molecule has 0 saturated heterocycles. The summed E-state index contributed by atoms with van der Waals surface area (Å²) in [6.45, 7) is 4.63. The Hall–Kier alpha value is -1.33. The third-order valence-corrected chi connectivity index (χ3v) is 3.98. The fourth-order valence-corrected chi connectivity index (χ4v) is 2.68. The minimum Gasteiger partial charge on any atom is -0.306 e. The second-order valence-electron chi connectivity index (χ2n) is 4.49. The standard InChI is InChI=1S/C15H15BrF2N2/c1-3-20-15(11-8-19-7-6-9(11)2)10-4-5-12(17)14(18)13(10)16/h4-8,15,20H,3H2,1-2H3. The van der Waals surface area contributed by atoms with E-state index in [1.54, 1.807) is 18.5 Å². The van der Waals surface area contributed by atoms with Crippen LogP contribution in [0.4, 0.5) is 8.78 Å². The molecule has 0 amide bonds. The molecule has 1 heterocycles. The van der Waals surface area contributed by atoms with Crippen LogP contribution in [-0.2, 0) is 0 Å². The van der Waals surface area contributed by atoms with Crippen LogP contribution < -0.4 is 5.32 Å². The Kier molecular flexibility index (Phi) is 4.83. The van der Waals surface area contributed by atoms with E-state index in [2.05, 4.69) is 26.2 Å². The quantitative estimate of drug-likeness (QED) is 0.846. The molecule has 5 heteroatoms. The normalized spacial score (nSPS) is 12.4. The summed E-state index contributed by atoms with van der Waals surface area (Å²) in [7, 11) is 0. The Morgan fingerprint density at radius 3 is 2.65 bits per heavy atom. The van der Waals surface area contributed by atoms with Crippen LogP contribution in [0.1, 0.15) is 29.7 Å². The van der Waals surface area contributed by atoms with Gasteiger partial charge in [-0.15, -0.1) is 0 Å². The maximum absolute atomic E-state index is 13.7. The van der Waals surface area contributed by atoms with E-state index in [1.807, 2.05) is 19.9 Å². The average molecular weight is 341 g/mol. The molecule has 0 aliphatic heterocycles. The topological polar surface area (TPSA) is 24.9 Å². The zero-order chi connectivity index (χ0) is 14.7. The molecule has 0 aliphatic rings. The average Bonchev–Trinajstić information content (AvgIpc) is 2.44. The maximum Gasteiger partial charge on any atom is 0.173 e. The fraction of sp³-hybridized carbons (Fsp3) is 0.267. The van der Waals surface area contributed by atoms with Crippen molar-refractivity contribution in [1.82, 2.24) is 10.3 Å². The van der Waals surface area contributed by atoms with Gasteiger partial charge in [0.15, 0.2) is 11.6 Å². The van der Waals surface area contributed by atoms with Crippen LogP contribution in [0.2, 0.25) is 0 Å². The number of benzene rings is 1. The number of halogens is 3. The highest BCUT2D eigenvalue weighted by Crippen LogP contribution is 2.32. The molecular weight excluding hydrogens is 326 g/mol. The molecule has 2 rings (SSSR count). The number of pyridine rings is 1. The Balaban J connectivity index is 2.55. The van der Waals surface area contributed by atoms with Gasteiger partial charge in [-0.25, -0.2) is 8.78 Å². The lowest BCUT2D eigenvalue weighted by Crippen LogP contribution is -2.23. The summed E-state index contributed by atoms with van der Waals surface area (Å²) in [5.74, 6) is -1.73. The van der Waals surface area contributed by atoms with Crippen LogP contribution >= 0.6 is 15.9 Å². The van der Waals surface area contributed by atoms with Crippen molar-refractivity contribution < 1.29 is 8.78 Å². The van der Waals surface area contributed by atoms with Gasteiger partial charge in [-0.05, 0) is 58.2 Å². The molecule has 20 heavy (non-hydrogen) atoms. The smallest absolute Gasteiger partial charge is 0.173 e. The number of rotatable bonds is 4. The van der Waals surface area contributed by atoms with Crippen LogP contribution in [0.5, 0.6) is 0 Å². The van der Waals surface area contributed by atoms with Gasteiger partial charge in [-0.3, -0.25) is 4.98 Å². The Bertz CT molecular complexity index is 617. The van der Waals surface area contributed by atoms with Crippen molar-refractivity contribution in [2.24, 2.45) is 0 Å². The van der Waals surface area contributed by atoms with Gasteiger partial charge in [0.1, 0.15) is 0 Å². The first-order chi connectivity index (χ1) is 9.56. The zero-order valence-electron chi connectivity index (χ0n) is 11.3. The largest absolute Gasteiger partial charge is 0.306 e. The first-order valence-corrected chi connectivity index (χ1v) is 7.12. The molecule has 1 aromatic heterocycles. The SMILES string of the molecule is CCNC(c1cnccc1C)c1ccc(F)c(F)c1Br. The number of hydrogen-bond donors (Lipinski definition) is 1. The molecule has 1 atom stereocenters. The highest BCUT2D eigenvalue weighted by atomic mass is 79.9. The van der Waals surface area contributed by atoms with Gasteiger partial charge in [0.25, 0.3) is 0 Å². The van der Waals surface area contributed by atoms with Gasteiger partial charge >= 0.3 is 0 Å². The molecule has 0 saturated carbocycles. The predicted molar refractivity (Wildman–Crippen MR) is 78.6 cm³/mol. The second-order valence-corrected chi connectivity index (χ2v) is 5.28. The van der Waals surface area contributed by atoms with Crippen LogP contribution in [0.3, 0.4) is 0 Å². The molecule has 1 unspecified atom stereocenters. The lowest BCUT2D eigenvalue weighted by Gasteiger charge is -2.22. The highest BCUT2D eigenvalue weighted by molar-refractivity contribution is 9.10. The molecule has 0 bridgehead atoms. The molecule has 2 aromatic rings. The summed E-state index contributed by atoms with van der Waals surface area (Å²) in [4.78, 5) is 4.12. The van der Waals surface area contributed by atoms with Crippen molar-refractivity contribution in [3.05, 3.63) is 63.4 Å². The van der Waals surface area contributed by atoms with Crippen LogP contribution in [-0.4, -0.2) is 11.5 Å². The van der Waals surface area contributed by atoms with E-state index in [9.17, 15) is 8.78 Å². The van der Waals surface area contributed by atoms with Crippen LogP contribution in [0, 0.1) is 18.6 Å². The van der Waals surface area contributed by atoms with Gasteiger partial charge in [0, 0.05) is 12.4 Å². The Morgan fingerprint density at radius 2 is 2.00 bits per heavy atom. The molecule has 1 aromatic carbocycles. The van der Waals surface area contributed by atoms with Gasteiger partial charge in [0.05, 0.1) is 10.5 Å². The number of nitrogens with zero attached hydrogens (tertiary/aromatic N) is 1. The summed E-state index contributed by atoms with van der Waals surface area (Å²) >= 11 is 3.15. The number of aromatic nitrogens is 1. The minimum absolute atomic E-state index is 0.145. The summed E-state index contributed by atoms with van der Waals surface area (Å²) < 4.78 is 27.1. The summed E-state index contributed by atoms with van der Waals surface area (Å²) in [5, 5.41) is 3.28. The lowest BCUT2D eigenvalue weighted by molar-refractivity contribution is 0.498. The molecular formula is C15H15BrF2N2. The Labute approximate surface area is 125 Å². The van der Waals surface area contributed by atoms with Crippen molar-refractivity contribution in [1.29, 1.82) is 0 Å². The van der Waals surface area contributed by atoms with Gasteiger partial charge in [0.2, 0.25) is 0 Å². The van der Waals surface area contributed by atoms with E-state index in [1.165, 1.54) is 0 Å². The first-order valence-electron chi connectivity index (χ1n) is 6.33. The van der Waals surface area contributed by atoms with E-state index in [0.717, 1.165) is 17.2 Å². The monoisotopic (exact) mass is 340 g/mol. The van der Waals surface area contributed by atoms with Crippen LogP contribution in [0.25, 0.3) is 0 Å². The summed E-state index contributed by atoms with van der Waals surface area (Å²) in [6, 6.07) is 4.39. The van der Waals surface area contributed by atoms with Crippen LogP contribution in [0.15, 0.2) is 35.1 Å². The van der Waals surface area contributed by atoms with Crippen molar-refractivity contribution in [3.8, 4) is 0 Å². The third-order valence-electron chi connectivity index (χ3n) is 3.17. The molecule has 106 valence electrons. The van der Waals surface area contributed by atoms with Crippen molar-refractivity contribution in [2.45, 2.75) is 19.9 Å². The lowest BCUT2D eigenvalue weighted by atomic mass is 9.96. The fourth-order valence-electron chi connectivity index (χ4n) is 2.13. The molecule has 0 radical (unpaired) electrons. The number of nitrogens with one attached hydrogen (secondary N) is 1. The third kappa shape index (κ3) is 2.88. The number of hydrogen-bond acceptors (Lipinski definition) is 2. The van der Waals surface area contributed by atoms with Crippen molar-refractivity contribution in [2.75, 3.05) is 6.54 Å². The van der Waals surface area contributed by atoms with E-state index >= 15 is 0 Å². The van der Waals surface area contributed by atoms with Crippen molar-refractivity contribution >= 4 is 15.9 Å². The molecule has 2 nitrogen and oxygen atoms in total. The van der Waals surface area contributed by atoms with Gasteiger partial charge < -0.3 is 5.32 Å². The minimum atomic E-state index is -0.869. The second kappa shape index (κ2) is 6.41. The van der Waals surface area contributed by atoms with Gasteiger partial charge in [-0.1, -0.05) is 13.0 Å². The zero-order valence-corrected chi connectivity index (χ0v) is 12.8. The van der Waals surface area contributed by atoms with Gasteiger partial charge in [-0.2, -0.15) is 0 Å².